The van der Waals surface area contributed by atoms with Crippen LogP contribution < -0.4 is 15.0 Å². The number of benzene rings is 2. The Bertz CT molecular complexity index is 725. The number of urea groups is 1. The molecular weight excluding hydrogens is 292 g/mol. The molecular formula is C18H18N2O3. The molecule has 118 valence electrons. The number of nitrogens with one attached hydrogen (secondary N) is 1. The van der Waals surface area contributed by atoms with Crippen molar-refractivity contribution in [1.82, 2.24) is 5.32 Å². The van der Waals surface area contributed by atoms with E-state index in [0.717, 1.165) is 6.42 Å². The molecule has 0 aromatic heterocycles. The highest BCUT2D eigenvalue weighted by Crippen LogP contribution is 2.20. The highest BCUT2D eigenvalue weighted by Gasteiger charge is 2.22. The van der Waals surface area contributed by atoms with E-state index < -0.39 is 5.97 Å². The molecule has 3 rings (SSSR count). The Morgan fingerprint density at radius 3 is 2.65 bits per heavy atom. The Morgan fingerprint density at radius 2 is 2.00 bits per heavy atom. The van der Waals surface area contributed by atoms with Gasteiger partial charge in [-0.2, -0.15) is 0 Å². The largest absolute Gasteiger partial charge is 0.423 e. The maximum absolute atomic E-state index is 12.3. The Hall–Kier alpha value is -2.82. The fourth-order valence-corrected chi connectivity index (χ4v) is 2.48. The third-order valence-electron chi connectivity index (χ3n) is 3.79. The van der Waals surface area contributed by atoms with Crippen LogP contribution in [0, 0.1) is 0 Å². The van der Waals surface area contributed by atoms with Crippen molar-refractivity contribution in [3.63, 3.8) is 0 Å². The molecule has 0 unspecified atom stereocenters. The molecule has 1 aliphatic rings. The van der Waals surface area contributed by atoms with Gasteiger partial charge in [0.05, 0.1) is 5.56 Å². The SMILES string of the molecule is CCc1ccc(OC(=O)c2cccc(N3CCNC3=O)c2)cc1. The van der Waals surface area contributed by atoms with Crippen molar-refractivity contribution in [1.29, 1.82) is 0 Å². The second-order valence-corrected chi connectivity index (χ2v) is 5.32. The fraction of sp³-hybridized carbons (Fsp3) is 0.222. The molecule has 0 aliphatic carbocycles. The molecule has 0 atom stereocenters. The third-order valence-corrected chi connectivity index (χ3v) is 3.79. The van der Waals surface area contributed by atoms with Crippen LogP contribution in [-0.4, -0.2) is 25.1 Å². The summed E-state index contributed by atoms with van der Waals surface area (Å²) >= 11 is 0. The lowest BCUT2D eigenvalue weighted by atomic mass is 10.1. The highest BCUT2D eigenvalue weighted by molar-refractivity contribution is 5.97. The van der Waals surface area contributed by atoms with E-state index in [1.54, 1.807) is 41.3 Å². The van der Waals surface area contributed by atoms with Crippen LogP contribution in [-0.2, 0) is 6.42 Å². The molecule has 2 aromatic carbocycles. The van der Waals surface area contributed by atoms with E-state index in [9.17, 15) is 9.59 Å². The number of esters is 1. The molecule has 2 aromatic rings. The number of ether oxygens (including phenoxy) is 1. The average Bonchev–Trinajstić information content (AvgIpc) is 3.02. The lowest BCUT2D eigenvalue weighted by Crippen LogP contribution is -2.27. The normalized spacial score (nSPS) is 13.8. The number of carbonyl (C=O) groups is 2. The third kappa shape index (κ3) is 3.34. The number of hydrogen-bond donors (Lipinski definition) is 1. The summed E-state index contributed by atoms with van der Waals surface area (Å²) in [4.78, 5) is 25.6. The highest BCUT2D eigenvalue weighted by atomic mass is 16.5. The van der Waals surface area contributed by atoms with Crippen LogP contribution >= 0.6 is 0 Å². The van der Waals surface area contributed by atoms with Gasteiger partial charge in [-0.25, -0.2) is 9.59 Å². The van der Waals surface area contributed by atoms with Gasteiger partial charge in [-0.3, -0.25) is 4.90 Å². The van der Waals surface area contributed by atoms with Gasteiger partial charge >= 0.3 is 12.0 Å². The fourth-order valence-electron chi connectivity index (χ4n) is 2.48. The van der Waals surface area contributed by atoms with E-state index in [2.05, 4.69) is 12.2 Å². The summed E-state index contributed by atoms with van der Waals surface area (Å²) in [5.41, 5.74) is 2.30. The molecule has 5 heteroatoms. The van der Waals surface area contributed by atoms with Crippen molar-refractivity contribution in [2.45, 2.75) is 13.3 Å². The topological polar surface area (TPSA) is 58.6 Å². The molecule has 1 fully saturated rings. The number of nitrogens with zero attached hydrogens (tertiary/aromatic N) is 1. The first-order chi connectivity index (χ1) is 11.2. The first-order valence-electron chi connectivity index (χ1n) is 7.64. The number of amides is 2. The van der Waals surface area contributed by atoms with E-state index in [-0.39, 0.29) is 6.03 Å². The number of aryl methyl sites for hydroxylation is 1. The van der Waals surface area contributed by atoms with Gasteiger partial charge < -0.3 is 10.1 Å². The van der Waals surface area contributed by atoms with E-state index in [0.29, 0.717) is 30.1 Å². The molecule has 1 aliphatic heterocycles. The van der Waals surface area contributed by atoms with Gasteiger partial charge in [0.25, 0.3) is 0 Å². The predicted molar refractivity (Wildman–Crippen MR) is 88.0 cm³/mol. The monoisotopic (exact) mass is 310 g/mol. The zero-order valence-electron chi connectivity index (χ0n) is 12.9. The summed E-state index contributed by atoms with van der Waals surface area (Å²) in [6.07, 6.45) is 0.939. The van der Waals surface area contributed by atoms with Crippen LogP contribution in [0.25, 0.3) is 0 Å². The quantitative estimate of drug-likeness (QED) is 0.697. The van der Waals surface area contributed by atoms with Gasteiger partial charge in [0.15, 0.2) is 0 Å². The minimum Gasteiger partial charge on any atom is -0.423 e. The second-order valence-electron chi connectivity index (χ2n) is 5.32. The molecule has 2 amide bonds. The summed E-state index contributed by atoms with van der Waals surface area (Å²) in [5, 5.41) is 2.74. The first kappa shape index (κ1) is 15.1. The summed E-state index contributed by atoms with van der Waals surface area (Å²) < 4.78 is 5.39. The van der Waals surface area contributed by atoms with Crippen molar-refractivity contribution in [3.05, 3.63) is 59.7 Å². The molecule has 0 radical (unpaired) electrons. The molecule has 5 nitrogen and oxygen atoms in total. The number of carbonyl (C=O) groups excluding carboxylic acids is 2. The van der Waals surface area contributed by atoms with Crippen molar-refractivity contribution >= 4 is 17.7 Å². The summed E-state index contributed by atoms with van der Waals surface area (Å²) in [6.45, 7) is 3.27. The van der Waals surface area contributed by atoms with E-state index in [1.807, 2.05) is 12.1 Å². The standard InChI is InChI=1S/C18H18N2O3/c1-2-13-6-8-16(9-7-13)23-17(21)14-4-3-5-15(12-14)20-11-10-19-18(20)22/h3-9,12H,2,10-11H2,1H3,(H,19,22). The van der Waals surface area contributed by atoms with Crippen LogP contribution in [0.2, 0.25) is 0 Å². The molecule has 0 spiro atoms. The minimum atomic E-state index is -0.435. The van der Waals surface area contributed by atoms with Crippen LogP contribution in [0.1, 0.15) is 22.8 Å². The van der Waals surface area contributed by atoms with Gasteiger partial charge in [-0.1, -0.05) is 25.1 Å². The minimum absolute atomic E-state index is 0.148. The number of anilines is 1. The molecule has 1 N–H and O–H groups in total. The van der Waals surface area contributed by atoms with E-state index in [1.165, 1.54) is 5.56 Å². The van der Waals surface area contributed by atoms with Gasteiger partial charge in [0.1, 0.15) is 5.75 Å². The van der Waals surface area contributed by atoms with Crippen LogP contribution in [0.15, 0.2) is 48.5 Å². The molecule has 0 saturated carbocycles. The maximum Gasteiger partial charge on any atom is 0.343 e. The number of hydrogen-bond acceptors (Lipinski definition) is 3. The van der Waals surface area contributed by atoms with Crippen molar-refractivity contribution in [2.75, 3.05) is 18.0 Å². The average molecular weight is 310 g/mol. The lowest BCUT2D eigenvalue weighted by Gasteiger charge is -2.15. The van der Waals surface area contributed by atoms with E-state index in [4.69, 9.17) is 4.74 Å². The lowest BCUT2D eigenvalue weighted by molar-refractivity contribution is 0.0734. The first-order valence-corrected chi connectivity index (χ1v) is 7.64. The van der Waals surface area contributed by atoms with Crippen molar-refractivity contribution in [2.24, 2.45) is 0 Å². The van der Waals surface area contributed by atoms with Crippen LogP contribution in [0.4, 0.5) is 10.5 Å². The smallest absolute Gasteiger partial charge is 0.343 e. The van der Waals surface area contributed by atoms with Crippen molar-refractivity contribution in [3.8, 4) is 5.75 Å². The van der Waals surface area contributed by atoms with E-state index >= 15 is 0 Å². The summed E-state index contributed by atoms with van der Waals surface area (Å²) in [7, 11) is 0. The van der Waals surface area contributed by atoms with Crippen LogP contribution in [0.3, 0.4) is 0 Å². The predicted octanol–water partition coefficient (Wildman–Crippen LogP) is 3.00. The van der Waals surface area contributed by atoms with Gasteiger partial charge in [-0.05, 0) is 42.3 Å². The maximum atomic E-state index is 12.3. The van der Waals surface area contributed by atoms with Gasteiger partial charge in [0, 0.05) is 18.8 Å². The zero-order valence-corrected chi connectivity index (χ0v) is 12.9. The van der Waals surface area contributed by atoms with Crippen LogP contribution in [0.5, 0.6) is 5.75 Å². The second kappa shape index (κ2) is 6.52. The Morgan fingerprint density at radius 1 is 1.22 bits per heavy atom. The Kier molecular flexibility index (Phi) is 4.28. The van der Waals surface area contributed by atoms with Gasteiger partial charge in [0.2, 0.25) is 0 Å². The molecule has 1 saturated heterocycles. The molecule has 23 heavy (non-hydrogen) atoms. The summed E-state index contributed by atoms with van der Waals surface area (Å²) in [6, 6.07) is 14.2. The molecule has 1 heterocycles. The number of rotatable bonds is 4. The summed E-state index contributed by atoms with van der Waals surface area (Å²) in [5.74, 6) is 0.0761. The Balaban J connectivity index is 1.75. The van der Waals surface area contributed by atoms with Gasteiger partial charge in [-0.15, -0.1) is 0 Å². The molecule has 0 bridgehead atoms. The van der Waals surface area contributed by atoms with Crippen molar-refractivity contribution < 1.29 is 14.3 Å². The Labute approximate surface area is 134 Å². The zero-order chi connectivity index (χ0) is 16.2.